The normalized spacial score (nSPS) is 28.8. The van der Waals surface area contributed by atoms with Gasteiger partial charge in [-0.15, -0.1) is 0 Å². The Morgan fingerprint density at radius 1 is 1.47 bits per heavy atom. The van der Waals surface area contributed by atoms with Gasteiger partial charge in [0.1, 0.15) is 6.54 Å². The third-order valence-corrected chi connectivity index (χ3v) is 3.92. The van der Waals surface area contributed by atoms with E-state index in [0.29, 0.717) is 18.0 Å². The van der Waals surface area contributed by atoms with E-state index < -0.39 is 6.43 Å². The van der Waals surface area contributed by atoms with Gasteiger partial charge in [-0.1, -0.05) is 6.92 Å². The second-order valence-corrected chi connectivity index (χ2v) is 5.59. The standard InChI is InChI=1S/C13H22F2N4/c1-9-6-18(3)10(2)4-12(9)17-11-5-16-19(7-11)8-13(14)15/h5,7,9-10,12-13,17H,4,6,8H2,1-3H3/t9-,10+,12-/m1/s1. The Hall–Kier alpha value is -1.17. The van der Waals surface area contributed by atoms with Crippen LogP contribution >= 0.6 is 0 Å². The fraction of sp³-hybridized carbons (Fsp3) is 0.769. The van der Waals surface area contributed by atoms with Crippen molar-refractivity contribution >= 4 is 5.69 Å². The van der Waals surface area contributed by atoms with E-state index in [1.165, 1.54) is 4.68 Å². The molecule has 0 saturated carbocycles. The summed E-state index contributed by atoms with van der Waals surface area (Å²) in [6, 6.07) is 0.903. The average molecular weight is 272 g/mol. The number of nitrogens with zero attached hydrogens (tertiary/aromatic N) is 3. The molecule has 1 aromatic rings. The number of halogens is 2. The molecule has 108 valence electrons. The highest BCUT2D eigenvalue weighted by Crippen LogP contribution is 2.24. The van der Waals surface area contributed by atoms with E-state index in [1.54, 1.807) is 12.4 Å². The molecule has 1 saturated heterocycles. The van der Waals surface area contributed by atoms with Crippen LogP contribution in [0, 0.1) is 5.92 Å². The van der Waals surface area contributed by atoms with Crippen LogP contribution in [-0.2, 0) is 6.54 Å². The molecule has 1 fully saturated rings. The number of hydrogen-bond acceptors (Lipinski definition) is 3. The van der Waals surface area contributed by atoms with Crippen LogP contribution in [0.2, 0.25) is 0 Å². The number of aromatic nitrogens is 2. The maximum atomic E-state index is 12.3. The van der Waals surface area contributed by atoms with E-state index in [0.717, 1.165) is 18.7 Å². The fourth-order valence-electron chi connectivity index (χ4n) is 2.64. The molecule has 1 aliphatic heterocycles. The van der Waals surface area contributed by atoms with Gasteiger partial charge in [-0.05, 0) is 26.3 Å². The molecule has 2 rings (SSSR count). The fourth-order valence-corrected chi connectivity index (χ4v) is 2.64. The molecule has 2 heterocycles. The van der Waals surface area contributed by atoms with E-state index in [9.17, 15) is 8.78 Å². The molecule has 0 aliphatic carbocycles. The minimum atomic E-state index is -2.37. The summed E-state index contributed by atoms with van der Waals surface area (Å²) < 4.78 is 25.8. The zero-order chi connectivity index (χ0) is 14.0. The first-order chi connectivity index (χ1) is 8.95. The Morgan fingerprint density at radius 2 is 2.21 bits per heavy atom. The lowest BCUT2D eigenvalue weighted by molar-refractivity contribution is 0.122. The summed E-state index contributed by atoms with van der Waals surface area (Å²) in [5.41, 5.74) is 0.828. The Kier molecular flexibility index (Phi) is 4.39. The van der Waals surface area contributed by atoms with Crippen molar-refractivity contribution in [3.05, 3.63) is 12.4 Å². The summed E-state index contributed by atoms with van der Waals surface area (Å²) >= 11 is 0. The summed E-state index contributed by atoms with van der Waals surface area (Å²) in [6.07, 6.45) is 1.97. The van der Waals surface area contributed by atoms with Crippen LogP contribution in [0.25, 0.3) is 0 Å². The predicted octanol–water partition coefficient (Wildman–Crippen LogP) is 2.29. The number of piperidine rings is 1. The van der Waals surface area contributed by atoms with Crippen LogP contribution in [0.3, 0.4) is 0 Å². The molecule has 0 amide bonds. The average Bonchev–Trinajstić information content (AvgIpc) is 2.72. The molecular formula is C13H22F2N4. The number of alkyl halides is 2. The topological polar surface area (TPSA) is 33.1 Å². The number of likely N-dealkylation sites (tertiary alicyclic amines) is 1. The highest BCUT2D eigenvalue weighted by atomic mass is 19.3. The van der Waals surface area contributed by atoms with Gasteiger partial charge in [0.2, 0.25) is 0 Å². The Balaban J connectivity index is 1.95. The molecule has 4 nitrogen and oxygen atoms in total. The van der Waals surface area contributed by atoms with Crippen molar-refractivity contribution in [2.45, 2.75) is 45.3 Å². The van der Waals surface area contributed by atoms with Crippen molar-refractivity contribution in [3.63, 3.8) is 0 Å². The lowest BCUT2D eigenvalue weighted by Crippen LogP contribution is -2.48. The van der Waals surface area contributed by atoms with Gasteiger partial charge in [0.25, 0.3) is 6.43 Å². The lowest BCUT2D eigenvalue weighted by Gasteiger charge is -2.40. The first-order valence-electron chi connectivity index (χ1n) is 6.73. The van der Waals surface area contributed by atoms with Crippen molar-refractivity contribution in [2.75, 3.05) is 18.9 Å². The van der Waals surface area contributed by atoms with Gasteiger partial charge in [-0.3, -0.25) is 4.68 Å². The summed E-state index contributed by atoms with van der Waals surface area (Å²) in [5.74, 6) is 0.527. The van der Waals surface area contributed by atoms with E-state index in [1.807, 2.05) is 0 Å². The summed E-state index contributed by atoms with van der Waals surface area (Å²) in [6.45, 7) is 5.12. The second kappa shape index (κ2) is 5.86. The molecule has 0 spiro atoms. The third kappa shape index (κ3) is 3.65. The molecule has 0 bridgehead atoms. The number of nitrogens with one attached hydrogen (secondary N) is 1. The molecule has 19 heavy (non-hydrogen) atoms. The maximum absolute atomic E-state index is 12.3. The SMILES string of the molecule is C[C@@H]1CN(C)[C@@H](C)C[C@H]1Nc1cnn(CC(F)F)c1. The molecular weight excluding hydrogens is 250 g/mol. The van der Waals surface area contributed by atoms with E-state index in [-0.39, 0.29) is 6.54 Å². The molecule has 0 radical (unpaired) electrons. The van der Waals surface area contributed by atoms with Gasteiger partial charge in [0, 0.05) is 24.8 Å². The summed E-state index contributed by atoms with van der Waals surface area (Å²) in [5, 5.41) is 7.36. The summed E-state index contributed by atoms with van der Waals surface area (Å²) in [4.78, 5) is 2.35. The van der Waals surface area contributed by atoms with Crippen molar-refractivity contribution in [1.29, 1.82) is 0 Å². The molecule has 0 unspecified atom stereocenters. The van der Waals surface area contributed by atoms with Gasteiger partial charge in [-0.25, -0.2) is 8.78 Å². The van der Waals surface area contributed by atoms with Crippen molar-refractivity contribution in [2.24, 2.45) is 5.92 Å². The molecule has 0 aromatic carbocycles. The highest BCUT2D eigenvalue weighted by molar-refractivity contribution is 5.39. The van der Waals surface area contributed by atoms with Crippen LogP contribution in [0.1, 0.15) is 20.3 Å². The van der Waals surface area contributed by atoms with Crippen molar-refractivity contribution in [1.82, 2.24) is 14.7 Å². The number of rotatable bonds is 4. The van der Waals surface area contributed by atoms with Gasteiger partial charge < -0.3 is 10.2 Å². The van der Waals surface area contributed by atoms with Gasteiger partial charge in [0.15, 0.2) is 0 Å². The van der Waals surface area contributed by atoms with Crippen LogP contribution in [0.15, 0.2) is 12.4 Å². The van der Waals surface area contributed by atoms with Gasteiger partial charge in [0.05, 0.1) is 11.9 Å². The smallest absolute Gasteiger partial charge is 0.257 e. The zero-order valence-corrected chi connectivity index (χ0v) is 11.7. The van der Waals surface area contributed by atoms with E-state index >= 15 is 0 Å². The zero-order valence-electron chi connectivity index (χ0n) is 11.7. The largest absolute Gasteiger partial charge is 0.379 e. The molecule has 1 aliphatic rings. The number of hydrogen-bond donors (Lipinski definition) is 1. The monoisotopic (exact) mass is 272 g/mol. The minimum Gasteiger partial charge on any atom is -0.379 e. The Bertz CT molecular complexity index is 407. The van der Waals surface area contributed by atoms with Crippen molar-refractivity contribution < 1.29 is 8.78 Å². The first kappa shape index (κ1) is 14.2. The lowest BCUT2D eigenvalue weighted by atomic mass is 9.90. The Labute approximate surface area is 112 Å². The first-order valence-corrected chi connectivity index (χ1v) is 6.73. The van der Waals surface area contributed by atoms with Crippen molar-refractivity contribution in [3.8, 4) is 0 Å². The van der Waals surface area contributed by atoms with E-state index in [4.69, 9.17) is 0 Å². The highest BCUT2D eigenvalue weighted by Gasteiger charge is 2.28. The van der Waals surface area contributed by atoms with Crippen LogP contribution in [0.5, 0.6) is 0 Å². The maximum Gasteiger partial charge on any atom is 0.257 e. The van der Waals surface area contributed by atoms with E-state index in [2.05, 4.69) is 36.2 Å². The van der Waals surface area contributed by atoms with Crippen LogP contribution in [-0.4, -0.2) is 46.8 Å². The van der Waals surface area contributed by atoms with Gasteiger partial charge >= 0.3 is 0 Å². The molecule has 1 N–H and O–H groups in total. The van der Waals surface area contributed by atoms with Crippen LogP contribution in [0.4, 0.5) is 14.5 Å². The molecule has 3 atom stereocenters. The molecule has 1 aromatic heterocycles. The summed E-state index contributed by atoms with van der Waals surface area (Å²) in [7, 11) is 2.14. The number of anilines is 1. The minimum absolute atomic E-state index is 0.346. The van der Waals surface area contributed by atoms with Gasteiger partial charge in [-0.2, -0.15) is 5.10 Å². The second-order valence-electron chi connectivity index (χ2n) is 5.59. The quantitative estimate of drug-likeness (QED) is 0.913. The van der Waals surface area contributed by atoms with Crippen LogP contribution < -0.4 is 5.32 Å². The molecule has 6 heteroatoms. The predicted molar refractivity (Wildman–Crippen MR) is 71.5 cm³/mol. The third-order valence-electron chi connectivity index (χ3n) is 3.92. The Morgan fingerprint density at radius 3 is 2.89 bits per heavy atom.